The number of hydrogen-bond donors (Lipinski definition) is 1. The van der Waals surface area contributed by atoms with Gasteiger partial charge in [0.15, 0.2) is 0 Å². The van der Waals surface area contributed by atoms with Crippen molar-refractivity contribution in [1.82, 2.24) is 10.2 Å². The molecule has 1 amide bonds. The van der Waals surface area contributed by atoms with Crippen LogP contribution in [0.15, 0.2) is 43.9 Å². The van der Waals surface area contributed by atoms with Crippen molar-refractivity contribution in [2.75, 3.05) is 5.32 Å². The zero-order chi connectivity index (χ0) is 16.2. The average molecular weight is 413 g/mol. The van der Waals surface area contributed by atoms with Gasteiger partial charge in [-0.3, -0.25) is 4.79 Å². The molecule has 1 N–H and O–H groups in total. The maximum atomic E-state index is 12.0. The van der Waals surface area contributed by atoms with Crippen LogP contribution in [0.25, 0.3) is 11.5 Å². The number of aromatic nitrogens is 2. The second kappa shape index (κ2) is 7.25. The van der Waals surface area contributed by atoms with E-state index in [9.17, 15) is 4.79 Å². The van der Waals surface area contributed by atoms with Gasteiger partial charge in [0.2, 0.25) is 17.7 Å². The van der Waals surface area contributed by atoms with E-state index in [2.05, 4.69) is 31.4 Å². The van der Waals surface area contributed by atoms with Gasteiger partial charge in [0.25, 0.3) is 0 Å². The topological polar surface area (TPSA) is 68.0 Å². The van der Waals surface area contributed by atoms with Gasteiger partial charge >= 0.3 is 0 Å². The lowest BCUT2D eigenvalue weighted by Gasteiger charge is -2.06. The highest BCUT2D eigenvalue weighted by Gasteiger charge is 2.12. The van der Waals surface area contributed by atoms with Gasteiger partial charge in [0.1, 0.15) is 0 Å². The first-order chi connectivity index (χ1) is 11.1. The molecule has 118 valence electrons. The molecule has 2 aromatic heterocycles. The third-order valence-corrected chi connectivity index (χ3v) is 4.50. The molecule has 0 radical (unpaired) electrons. The Kier molecular flexibility index (Phi) is 5.09. The fraction of sp³-hybridized carbons (Fsp3) is 0.133. The van der Waals surface area contributed by atoms with Gasteiger partial charge in [-0.15, -0.1) is 10.2 Å². The van der Waals surface area contributed by atoms with E-state index in [-0.39, 0.29) is 12.3 Å². The molecular weight excluding hydrogens is 402 g/mol. The molecule has 8 heteroatoms. The number of amides is 1. The molecule has 0 bridgehead atoms. The minimum absolute atomic E-state index is 0.162. The average Bonchev–Trinajstić information content (AvgIpc) is 3.18. The normalized spacial score (nSPS) is 10.7. The summed E-state index contributed by atoms with van der Waals surface area (Å²) in [5, 5.41) is 15.0. The molecule has 0 saturated carbocycles. The number of carbonyl (C=O) groups excluding carboxylic acids is 1. The number of nitrogens with zero attached hydrogens (tertiary/aromatic N) is 2. The smallest absolute Gasteiger partial charge is 0.248 e. The Balaban J connectivity index is 1.57. The summed E-state index contributed by atoms with van der Waals surface area (Å²) in [4.78, 5) is 12.0. The lowest BCUT2D eigenvalue weighted by Crippen LogP contribution is -2.12. The Labute approximate surface area is 149 Å². The Bertz CT molecular complexity index is 820. The summed E-state index contributed by atoms with van der Waals surface area (Å²) in [6, 6.07) is 7.19. The molecule has 0 fully saturated rings. The number of rotatable bonds is 5. The number of hydrogen-bond acceptors (Lipinski definition) is 5. The molecule has 1 aromatic carbocycles. The Hall–Kier alpha value is -1.70. The maximum Gasteiger partial charge on any atom is 0.248 e. The monoisotopic (exact) mass is 411 g/mol. The van der Waals surface area contributed by atoms with Gasteiger partial charge in [0, 0.05) is 28.3 Å². The molecule has 3 rings (SSSR count). The Morgan fingerprint density at radius 1 is 1.35 bits per heavy atom. The molecule has 0 aliphatic rings. The molecule has 2 heterocycles. The first kappa shape index (κ1) is 16.2. The zero-order valence-electron chi connectivity index (χ0n) is 11.8. The van der Waals surface area contributed by atoms with Crippen molar-refractivity contribution in [3.63, 3.8) is 0 Å². The molecule has 0 aliphatic heterocycles. The Morgan fingerprint density at radius 3 is 2.96 bits per heavy atom. The number of thiophene rings is 1. The second-order valence-corrected chi connectivity index (χ2v) is 6.79. The van der Waals surface area contributed by atoms with Crippen LogP contribution in [0.1, 0.15) is 12.3 Å². The molecule has 5 nitrogen and oxygen atoms in total. The number of nitrogens with one attached hydrogen (secondary N) is 1. The second-order valence-electron chi connectivity index (χ2n) is 4.69. The van der Waals surface area contributed by atoms with E-state index in [0.29, 0.717) is 28.9 Å². The first-order valence-electron chi connectivity index (χ1n) is 6.71. The van der Waals surface area contributed by atoms with Crippen LogP contribution in [0.4, 0.5) is 5.69 Å². The number of benzene rings is 1. The quantitative estimate of drug-likeness (QED) is 0.654. The van der Waals surface area contributed by atoms with Crippen LogP contribution in [-0.4, -0.2) is 16.1 Å². The number of carbonyl (C=O) groups is 1. The molecular formula is C15H11BrClN3O2S. The van der Waals surface area contributed by atoms with E-state index in [0.717, 1.165) is 10.0 Å². The highest BCUT2D eigenvalue weighted by molar-refractivity contribution is 9.10. The number of halogens is 2. The molecule has 3 aromatic rings. The largest absolute Gasteiger partial charge is 0.421 e. The van der Waals surface area contributed by atoms with Gasteiger partial charge in [-0.25, -0.2) is 0 Å². The van der Waals surface area contributed by atoms with Gasteiger partial charge in [-0.2, -0.15) is 11.3 Å². The standard InChI is InChI=1S/C15H11BrClN3O2S/c16-10-1-2-12(11(17)7-10)18-13(21)3-4-14-19-20-15(22-14)9-5-6-23-8-9/h1-2,5-8H,3-4H2,(H,18,21). The van der Waals surface area contributed by atoms with Crippen molar-refractivity contribution < 1.29 is 9.21 Å². The highest BCUT2D eigenvalue weighted by atomic mass is 79.9. The third kappa shape index (κ3) is 4.19. The SMILES string of the molecule is O=C(CCc1nnc(-c2ccsc2)o1)Nc1ccc(Br)cc1Cl. The molecule has 0 saturated heterocycles. The zero-order valence-corrected chi connectivity index (χ0v) is 14.9. The van der Waals surface area contributed by atoms with Gasteiger partial charge in [-0.05, 0) is 29.6 Å². The predicted molar refractivity (Wildman–Crippen MR) is 93.7 cm³/mol. The lowest BCUT2D eigenvalue weighted by molar-refractivity contribution is -0.116. The fourth-order valence-corrected chi connectivity index (χ4v) is 3.23. The van der Waals surface area contributed by atoms with Crippen LogP contribution in [0.5, 0.6) is 0 Å². The van der Waals surface area contributed by atoms with E-state index < -0.39 is 0 Å². The summed E-state index contributed by atoms with van der Waals surface area (Å²) < 4.78 is 6.39. The van der Waals surface area contributed by atoms with Crippen molar-refractivity contribution in [1.29, 1.82) is 0 Å². The molecule has 0 spiro atoms. The van der Waals surface area contributed by atoms with Crippen molar-refractivity contribution in [3.8, 4) is 11.5 Å². The van der Waals surface area contributed by atoms with E-state index in [1.54, 1.807) is 23.5 Å². The van der Waals surface area contributed by atoms with Crippen LogP contribution in [-0.2, 0) is 11.2 Å². The minimum atomic E-state index is -0.162. The van der Waals surface area contributed by atoms with E-state index in [1.165, 1.54) is 0 Å². The van der Waals surface area contributed by atoms with Gasteiger partial charge in [0.05, 0.1) is 10.7 Å². The summed E-state index contributed by atoms with van der Waals surface area (Å²) >= 11 is 10.9. The van der Waals surface area contributed by atoms with Crippen LogP contribution in [0, 0.1) is 0 Å². The summed E-state index contributed by atoms with van der Waals surface area (Å²) in [5.41, 5.74) is 1.46. The first-order valence-corrected chi connectivity index (χ1v) is 8.83. The predicted octanol–water partition coefficient (Wildman–Crippen LogP) is 4.79. The van der Waals surface area contributed by atoms with Gasteiger partial charge < -0.3 is 9.73 Å². The minimum Gasteiger partial charge on any atom is -0.421 e. The molecule has 0 unspecified atom stereocenters. The van der Waals surface area contributed by atoms with Crippen LogP contribution in [0.2, 0.25) is 5.02 Å². The van der Waals surface area contributed by atoms with Crippen molar-refractivity contribution in [3.05, 3.63) is 50.4 Å². The summed E-state index contributed by atoms with van der Waals surface area (Å²) in [5.74, 6) is 0.741. The van der Waals surface area contributed by atoms with E-state index in [1.807, 2.05) is 22.9 Å². The summed E-state index contributed by atoms with van der Waals surface area (Å²) in [6.07, 6.45) is 0.606. The van der Waals surface area contributed by atoms with Crippen molar-refractivity contribution in [2.24, 2.45) is 0 Å². The van der Waals surface area contributed by atoms with Gasteiger partial charge in [-0.1, -0.05) is 27.5 Å². The highest BCUT2D eigenvalue weighted by Crippen LogP contribution is 2.26. The summed E-state index contributed by atoms with van der Waals surface area (Å²) in [6.45, 7) is 0. The number of aryl methyl sites for hydroxylation is 1. The maximum absolute atomic E-state index is 12.0. The molecule has 23 heavy (non-hydrogen) atoms. The fourth-order valence-electron chi connectivity index (χ4n) is 1.88. The molecule has 0 atom stereocenters. The van der Waals surface area contributed by atoms with Crippen LogP contribution >= 0.6 is 38.9 Å². The number of anilines is 1. The van der Waals surface area contributed by atoms with Crippen molar-refractivity contribution >= 4 is 50.5 Å². The van der Waals surface area contributed by atoms with Crippen LogP contribution in [0.3, 0.4) is 0 Å². The van der Waals surface area contributed by atoms with E-state index in [4.69, 9.17) is 16.0 Å². The van der Waals surface area contributed by atoms with Crippen molar-refractivity contribution in [2.45, 2.75) is 12.8 Å². The lowest BCUT2D eigenvalue weighted by atomic mass is 10.2. The third-order valence-electron chi connectivity index (χ3n) is 3.01. The van der Waals surface area contributed by atoms with E-state index >= 15 is 0 Å². The summed E-state index contributed by atoms with van der Waals surface area (Å²) in [7, 11) is 0. The van der Waals surface area contributed by atoms with Crippen LogP contribution < -0.4 is 5.32 Å². The molecule has 0 aliphatic carbocycles. The Morgan fingerprint density at radius 2 is 2.22 bits per heavy atom.